The molecule has 2 fully saturated rings. The molecule has 9 heteroatoms. The summed E-state index contributed by atoms with van der Waals surface area (Å²) in [5, 5.41) is 10.2. The van der Waals surface area contributed by atoms with Gasteiger partial charge in [-0.15, -0.1) is 0 Å². The van der Waals surface area contributed by atoms with Crippen molar-refractivity contribution in [3.05, 3.63) is 53.6 Å². The third-order valence-electron chi connectivity index (χ3n) is 6.60. The van der Waals surface area contributed by atoms with Crippen molar-refractivity contribution in [1.29, 1.82) is 0 Å². The second kappa shape index (κ2) is 8.03. The number of esters is 1. The van der Waals surface area contributed by atoms with Gasteiger partial charge in [-0.3, -0.25) is 14.4 Å². The van der Waals surface area contributed by atoms with E-state index < -0.39 is 41.5 Å². The molecular weight excluding hydrogens is 436 g/mol. The summed E-state index contributed by atoms with van der Waals surface area (Å²) in [5.41, 5.74) is -0.697. The first kappa shape index (κ1) is 21.2. The van der Waals surface area contributed by atoms with Gasteiger partial charge in [0.2, 0.25) is 5.91 Å². The molecule has 5 rings (SSSR count). The van der Waals surface area contributed by atoms with Crippen molar-refractivity contribution < 1.29 is 29.0 Å². The fraction of sp³-hybridized carbons (Fsp3) is 0.435. The van der Waals surface area contributed by atoms with Gasteiger partial charge in [-0.2, -0.15) is 0 Å². The van der Waals surface area contributed by atoms with Crippen LogP contribution >= 0.6 is 11.6 Å². The third kappa shape index (κ3) is 3.09. The summed E-state index contributed by atoms with van der Waals surface area (Å²) in [7, 11) is 0. The molecule has 2 saturated heterocycles. The molecule has 0 aromatic heterocycles. The number of nitrogens with zero attached hydrogens (tertiary/aromatic N) is 2. The highest BCUT2D eigenvalue weighted by molar-refractivity contribution is 6.30. The van der Waals surface area contributed by atoms with Crippen molar-refractivity contribution in [2.75, 3.05) is 31.2 Å². The van der Waals surface area contributed by atoms with E-state index in [-0.39, 0.29) is 32.2 Å². The Labute approximate surface area is 190 Å². The Morgan fingerprint density at radius 1 is 1.12 bits per heavy atom. The van der Waals surface area contributed by atoms with Gasteiger partial charge in [0.25, 0.3) is 5.91 Å². The van der Waals surface area contributed by atoms with Crippen LogP contribution in [0.3, 0.4) is 0 Å². The number of amides is 2. The van der Waals surface area contributed by atoms with Gasteiger partial charge in [0.1, 0.15) is 17.6 Å². The van der Waals surface area contributed by atoms with Crippen LogP contribution in [0, 0.1) is 11.8 Å². The topological polar surface area (TPSA) is 96.4 Å². The minimum absolute atomic E-state index is 0.0403. The first-order valence-electron chi connectivity index (χ1n) is 10.6. The van der Waals surface area contributed by atoms with Crippen LogP contribution in [0.15, 0.2) is 48.6 Å². The minimum atomic E-state index is -1.33. The lowest BCUT2D eigenvalue weighted by atomic mass is 9.77. The Hall–Kier alpha value is -2.68. The molecule has 1 N–H and O–H groups in total. The lowest BCUT2D eigenvalue weighted by Gasteiger charge is -2.35. The molecule has 1 aromatic rings. The van der Waals surface area contributed by atoms with Crippen LogP contribution in [-0.2, 0) is 23.9 Å². The fourth-order valence-corrected chi connectivity index (χ4v) is 5.43. The normalized spacial score (nSPS) is 33.9. The Morgan fingerprint density at radius 2 is 1.91 bits per heavy atom. The summed E-state index contributed by atoms with van der Waals surface area (Å²) in [6.45, 7) is 0.143. The summed E-state index contributed by atoms with van der Waals surface area (Å²) >= 11 is 6.01. The first-order valence-corrected chi connectivity index (χ1v) is 11.0. The molecule has 1 spiro atoms. The predicted molar refractivity (Wildman–Crippen MR) is 115 cm³/mol. The monoisotopic (exact) mass is 458 g/mol. The lowest BCUT2D eigenvalue weighted by Crippen LogP contribution is -2.55. The standard InChI is InChI=1S/C23H23ClN2O6/c24-14-5-7-15(8-6-14)25-10-3-9-23-18(20(28)26(11-12-27)19(23)21(25)29)17-16(32-23)4-1-2-13-31-22(17)30/h1,3-9,16-19,27H,2,10-13H2/t16-,17+,18+,19?,23+/m1/s1. The minimum Gasteiger partial charge on any atom is -0.465 e. The molecule has 1 aromatic carbocycles. The quantitative estimate of drug-likeness (QED) is 0.542. The Kier molecular flexibility index (Phi) is 5.31. The zero-order chi connectivity index (χ0) is 22.5. The lowest BCUT2D eigenvalue weighted by molar-refractivity contribution is -0.154. The number of β-amino-alcohol motifs (C(OH)–C–C–N with tert-alkyl or cyclic N) is 1. The second-order valence-electron chi connectivity index (χ2n) is 8.31. The van der Waals surface area contributed by atoms with Crippen molar-refractivity contribution in [3.63, 3.8) is 0 Å². The highest BCUT2D eigenvalue weighted by Gasteiger charge is 2.71. The number of hydrogen-bond acceptors (Lipinski definition) is 6. The number of carbonyl (C=O) groups excluding carboxylic acids is 3. The van der Waals surface area contributed by atoms with Crippen LogP contribution in [0.4, 0.5) is 5.69 Å². The maximum atomic E-state index is 13.9. The number of fused-ring (bicyclic) bond motifs is 2. The summed E-state index contributed by atoms with van der Waals surface area (Å²) in [6, 6.07) is 5.84. The molecule has 5 atom stereocenters. The van der Waals surface area contributed by atoms with Crippen LogP contribution in [0.5, 0.6) is 0 Å². The van der Waals surface area contributed by atoms with Gasteiger partial charge < -0.3 is 24.4 Å². The van der Waals surface area contributed by atoms with Crippen LogP contribution in [-0.4, -0.2) is 71.8 Å². The van der Waals surface area contributed by atoms with Crippen molar-refractivity contribution in [1.82, 2.24) is 4.90 Å². The number of hydrogen-bond donors (Lipinski definition) is 1. The molecule has 32 heavy (non-hydrogen) atoms. The van der Waals surface area contributed by atoms with E-state index in [0.29, 0.717) is 17.1 Å². The summed E-state index contributed by atoms with van der Waals surface area (Å²) in [5.74, 6) is -3.00. The molecule has 4 aliphatic heterocycles. The van der Waals surface area contributed by atoms with Crippen molar-refractivity contribution in [2.24, 2.45) is 11.8 Å². The summed E-state index contributed by atoms with van der Waals surface area (Å²) in [4.78, 5) is 43.2. The number of aliphatic hydroxyl groups is 1. The van der Waals surface area contributed by atoms with Crippen molar-refractivity contribution in [2.45, 2.75) is 24.2 Å². The van der Waals surface area contributed by atoms with Gasteiger partial charge in [-0.1, -0.05) is 35.9 Å². The van der Waals surface area contributed by atoms with Gasteiger partial charge in [-0.05, 0) is 30.7 Å². The van der Waals surface area contributed by atoms with Crippen LogP contribution < -0.4 is 4.90 Å². The van der Waals surface area contributed by atoms with Gasteiger partial charge in [-0.25, -0.2) is 0 Å². The smallest absolute Gasteiger partial charge is 0.312 e. The van der Waals surface area contributed by atoms with E-state index >= 15 is 0 Å². The van der Waals surface area contributed by atoms with E-state index in [4.69, 9.17) is 21.1 Å². The highest BCUT2D eigenvalue weighted by Crippen LogP contribution is 2.53. The average molecular weight is 459 g/mol. The number of cyclic esters (lactones) is 1. The zero-order valence-electron chi connectivity index (χ0n) is 17.2. The van der Waals surface area contributed by atoms with E-state index in [9.17, 15) is 19.5 Å². The zero-order valence-corrected chi connectivity index (χ0v) is 18.0. The number of aliphatic hydroxyl groups excluding tert-OH is 1. The number of ether oxygens (including phenoxy) is 2. The third-order valence-corrected chi connectivity index (χ3v) is 6.85. The molecule has 168 valence electrons. The number of benzene rings is 1. The number of carbonyl (C=O) groups is 3. The van der Waals surface area contributed by atoms with Gasteiger partial charge >= 0.3 is 5.97 Å². The molecule has 2 amide bonds. The Morgan fingerprint density at radius 3 is 2.66 bits per heavy atom. The molecule has 8 nitrogen and oxygen atoms in total. The maximum absolute atomic E-state index is 13.9. The van der Waals surface area contributed by atoms with E-state index in [0.717, 1.165) is 0 Å². The van der Waals surface area contributed by atoms with Crippen LogP contribution in [0.25, 0.3) is 0 Å². The molecule has 0 bridgehead atoms. The number of anilines is 1. The SMILES string of the molecule is O=C1OCCC=C[C@H]2O[C@]34C=CCN(c5ccc(Cl)cc5)C(=O)C3N(CCO)C(=O)[C@@H]4[C@@H]12. The van der Waals surface area contributed by atoms with Crippen LogP contribution in [0.1, 0.15) is 6.42 Å². The Bertz CT molecular complexity index is 1010. The van der Waals surface area contributed by atoms with Gasteiger partial charge in [0.05, 0.1) is 25.2 Å². The number of rotatable bonds is 3. The van der Waals surface area contributed by atoms with E-state index in [1.54, 1.807) is 47.4 Å². The van der Waals surface area contributed by atoms with Crippen molar-refractivity contribution in [3.8, 4) is 0 Å². The van der Waals surface area contributed by atoms with E-state index in [1.807, 2.05) is 6.08 Å². The highest BCUT2D eigenvalue weighted by atomic mass is 35.5. The van der Waals surface area contributed by atoms with E-state index in [1.165, 1.54) is 4.90 Å². The summed E-state index contributed by atoms with van der Waals surface area (Å²) < 4.78 is 11.8. The molecule has 0 radical (unpaired) electrons. The molecule has 1 unspecified atom stereocenters. The number of halogens is 1. The Balaban J connectivity index is 1.61. The predicted octanol–water partition coefficient (Wildman–Crippen LogP) is 1.32. The number of likely N-dealkylation sites (tertiary alicyclic amines) is 1. The van der Waals surface area contributed by atoms with Crippen molar-refractivity contribution >= 4 is 35.1 Å². The maximum Gasteiger partial charge on any atom is 0.312 e. The molecule has 0 saturated carbocycles. The molecule has 0 aliphatic carbocycles. The summed E-state index contributed by atoms with van der Waals surface area (Å²) in [6.07, 6.45) is 7.09. The first-order chi connectivity index (χ1) is 15.5. The second-order valence-corrected chi connectivity index (χ2v) is 8.75. The molecular formula is C23H23ClN2O6. The van der Waals surface area contributed by atoms with Gasteiger partial charge in [0.15, 0.2) is 0 Å². The van der Waals surface area contributed by atoms with Gasteiger partial charge in [0, 0.05) is 23.8 Å². The largest absolute Gasteiger partial charge is 0.465 e. The van der Waals surface area contributed by atoms with E-state index in [2.05, 4.69) is 0 Å². The molecule has 4 aliphatic rings. The molecule has 4 heterocycles. The average Bonchev–Trinajstić information content (AvgIpc) is 3.13. The van der Waals surface area contributed by atoms with Crippen LogP contribution in [0.2, 0.25) is 5.02 Å². The fourth-order valence-electron chi connectivity index (χ4n) is 5.31.